The van der Waals surface area contributed by atoms with Crippen molar-refractivity contribution in [3.63, 3.8) is 0 Å². The van der Waals surface area contributed by atoms with Crippen LogP contribution in [0, 0.1) is 152 Å². The summed E-state index contributed by atoms with van der Waals surface area (Å²) in [5.74, 6) is 13.4. The van der Waals surface area contributed by atoms with Crippen molar-refractivity contribution in [2.75, 3.05) is 13.1 Å². The number of nitriles is 1. The summed E-state index contributed by atoms with van der Waals surface area (Å²) < 4.78 is 38.7. The van der Waals surface area contributed by atoms with Gasteiger partial charge in [-0.05, 0) is 323 Å². The molecule has 0 radical (unpaired) electrons. The average Bonchev–Trinajstić information content (AvgIpc) is 1.57. The highest BCUT2D eigenvalue weighted by molar-refractivity contribution is 7.90. The van der Waals surface area contributed by atoms with Gasteiger partial charge in [0.1, 0.15) is 5.82 Å². The molecule has 138 heavy (non-hydrogen) atoms. The molecule has 0 bridgehead atoms. The third kappa shape index (κ3) is 49.0. The van der Waals surface area contributed by atoms with E-state index < -0.39 is 14.8 Å². The maximum absolute atomic E-state index is 12.3. The van der Waals surface area contributed by atoms with Gasteiger partial charge in [-0.15, -0.1) is 0 Å². The molecule has 0 amide bonds. The molecule has 6 unspecified atom stereocenters. The number of piperidine rings is 1. The van der Waals surface area contributed by atoms with E-state index in [4.69, 9.17) is 9.05 Å². The molecule has 6 atom stereocenters. The Balaban J connectivity index is 0.000000526. The first-order chi connectivity index (χ1) is 61.4. The summed E-state index contributed by atoms with van der Waals surface area (Å²) in [7, 11) is -3.13. The van der Waals surface area contributed by atoms with Gasteiger partial charge >= 0.3 is 0 Å². The van der Waals surface area contributed by atoms with Crippen molar-refractivity contribution >= 4 is 10.0 Å². The number of aryl methyl sites for hydroxylation is 3. The zero-order valence-electron chi connectivity index (χ0n) is 103. The molecular weight excluding hydrogens is 1710 g/mol. The van der Waals surface area contributed by atoms with E-state index in [0.717, 1.165) is 128 Å². The Hall–Kier alpha value is -3.37. The number of allylic oxidation sites excluding steroid dienone is 2. The number of imidazole rings is 1. The highest BCUT2D eigenvalue weighted by Crippen LogP contribution is 2.57. The molecule has 7 aliphatic rings. The minimum atomic E-state index is -3.13. The fourth-order valence-electron chi connectivity index (χ4n) is 21.8. The zero-order chi connectivity index (χ0) is 108. The SMILES string of the molecule is CC(C)(C)C1=CCC(C(C)(C)C)CC1.CC(C)(C)C1CCC(C#N)(C(C)(C)C)CC1.CC(C)(C)C1CCC(C(C)(C)C)C1.CC(C)(C)C1CCC(C(C)(C)C)CC1.CC(C)(C)CC1CC1C(C)(C)C.CC(C)(C)CC1CCN(S(=O)(=O)C(C)(C)C)CC1.CC(C)(C)CC1CCc2cnc(C(C)(C)C)n2C1.CC(C)(C)CCCCc1nc(C(C)(C)C)no1.CC(C)(C)CCCc1nc(C(C)(C)C)no1. The van der Waals surface area contributed by atoms with Crippen LogP contribution in [0.5, 0.6) is 0 Å². The molecule has 0 N–H and O–H groups in total. The van der Waals surface area contributed by atoms with Gasteiger partial charge in [0.25, 0.3) is 0 Å². The van der Waals surface area contributed by atoms with Gasteiger partial charge in [0.2, 0.25) is 21.8 Å². The molecule has 13 heteroatoms. The quantitative estimate of drug-likeness (QED) is 0.134. The van der Waals surface area contributed by atoms with Crippen LogP contribution in [0.3, 0.4) is 0 Å². The summed E-state index contributed by atoms with van der Waals surface area (Å²) in [4.78, 5) is 13.5. The van der Waals surface area contributed by atoms with Crippen LogP contribution in [-0.4, -0.2) is 60.4 Å². The molecule has 808 valence electrons. The van der Waals surface area contributed by atoms with Gasteiger partial charge in [-0.2, -0.15) is 15.2 Å². The first kappa shape index (κ1) is 131. The van der Waals surface area contributed by atoms with Crippen LogP contribution in [-0.2, 0) is 52.1 Å². The second-order valence-corrected chi connectivity index (χ2v) is 67.6. The van der Waals surface area contributed by atoms with Crippen LogP contribution in [0.1, 0.15) is 576 Å². The average molecular weight is 1950 g/mol. The second-order valence-electron chi connectivity index (χ2n) is 64.9. The second kappa shape index (κ2) is 50.6. The van der Waals surface area contributed by atoms with Crippen molar-refractivity contribution in [2.45, 2.75) is 588 Å². The highest BCUT2D eigenvalue weighted by atomic mass is 32.2. The molecule has 5 fully saturated rings. The predicted molar refractivity (Wildman–Crippen MR) is 602 cm³/mol. The molecular formula is C125H238N8O4S. The number of sulfonamides is 1. The maximum Gasteiger partial charge on any atom is 0.226 e. The van der Waals surface area contributed by atoms with Crippen molar-refractivity contribution in [1.29, 1.82) is 5.26 Å². The summed E-state index contributed by atoms with van der Waals surface area (Å²) in [6, 6.07) is 2.63. The molecule has 3 aromatic heterocycles. The smallest absolute Gasteiger partial charge is 0.226 e. The lowest BCUT2D eigenvalue weighted by molar-refractivity contribution is 0.0463. The molecule has 2 aliphatic heterocycles. The van der Waals surface area contributed by atoms with E-state index in [1.54, 1.807) is 30.6 Å². The normalized spacial score (nSPS) is 23.5. The fourth-order valence-corrected chi connectivity index (χ4v) is 23.3. The molecule has 5 heterocycles. The number of nitrogens with zero attached hydrogens (tertiary/aromatic N) is 8. The van der Waals surface area contributed by atoms with Gasteiger partial charge in [-0.1, -0.05) is 381 Å². The Bertz CT molecular complexity index is 4080. The van der Waals surface area contributed by atoms with Gasteiger partial charge in [0.15, 0.2) is 11.6 Å². The Morgan fingerprint density at radius 1 is 0.391 bits per heavy atom. The minimum absolute atomic E-state index is 0.0207. The monoisotopic (exact) mass is 1950 g/mol. The lowest BCUT2D eigenvalue weighted by Gasteiger charge is -2.46. The van der Waals surface area contributed by atoms with Gasteiger partial charge in [0, 0.05) is 60.6 Å². The fraction of sp³-hybridized carbons (Fsp3) is 0.920. The van der Waals surface area contributed by atoms with Crippen molar-refractivity contribution in [3.05, 3.63) is 52.8 Å². The third-order valence-corrected chi connectivity index (χ3v) is 34.4. The Morgan fingerprint density at radius 2 is 0.768 bits per heavy atom. The van der Waals surface area contributed by atoms with Crippen LogP contribution >= 0.6 is 0 Å². The molecule has 5 aliphatic carbocycles. The van der Waals surface area contributed by atoms with Crippen LogP contribution in [0.2, 0.25) is 0 Å². The van der Waals surface area contributed by atoms with E-state index in [1.807, 2.05) is 0 Å². The third-order valence-electron chi connectivity index (χ3n) is 31.8. The molecule has 3 aromatic rings. The standard InChI is InChI=1S/C16H28N2.C15H27N.C14H26N2O.C14H29NO2S.C14H28.C14H26.C13H24N2O.C13H26.C12H24/c1-15(2,3)9-12-7-8-13-10-17-14(16(4,5)6)18(13)11-12;1-13(2,3)12-7-9-15(11-16,10-8-12)14(4,5)6;1-13(2,3)10-8-7-9-11-15-12(16-17-11)14(4,5)6;1-13(2,3)11-12-7-9-15(10-8-12)18(16,17)14(4,5)6;2*1-13(2,3)11-7-9-12(10-8-11)14(4,5)6;1-12(2,3)9-7-8-10-14-11(15-16-10)13(4,5)6;1-12(2,3)10-7-8-11(9-10)13(4,5)6;1-11(2,3)8-9-7-10(9)12(4,5)6/h10,12H,7-9,11H2,1-6H3;12H,7-10H2,1-6H3;7-10H2,1-6H3;12H,7-11H2,1-6H3;11-12H,7-10H2,1-6H3;7,12H,8-10H2,1-6H3;7-9H2,1-6H3;10-11H,7-9H2,1-6H3;9-10H,7-8H2,1-6H3. The van der Waals surface area contributed by atoms with E-state index in [9.17, 15) is 13.7 Å². The highest BCUT2D eigenvalue weighted by Gasteiger charge is 2.49. The lowest BCUT2D eigenvalue weighted by atomic mass is 9.56. The number of fused-ring (bicyclic) bond motifs is 1. The molecule has 12 nitrogen and oxygen atoms in total. The Labute approximate surface area is 861 Å². The minimum Gasteiger partial charge on any atom is -0.339 e. The lowest BCUT2D eigenvalue weighted by Crippen LogP contribution is -2.46. The van der Waals surface area contributed by atoms with Crippen molar-refractivity contribution in [2.24, 2.45) is 140 Å². The predicted octanol–water partition coefficient (Wildman–Crippen LogP) is 38.4. The van der Waals surface area contributed by atoms with E-state index >= 15 is 0 Å². The molecule has 10 rings (SSSR count). The van der Waals surface area contributed by atoms with Gasteiger partial charge in [0.05, 0.1) is 16.2 Å². The molecule has 1 saturated heterocycles. The van der Waals surface area contributed by atoms with Crippen molar-refractivity contribution in [3.8, 4) is 6.07 Å². The van der Waals surface area contributed by atoms with Crippen LogP contribution in [0.4, 0.5) is 0 Å². The van der Waals surface area contributed by atoms with Crippen molar-refractivity contribution < 1.29 is 17.5 Å². The molecule has 0 aromatic carbocycles. The maximum atomic E-state index is 12.3. The van der Waals surface area contributed by atoms with Gasteiger partial charge < -0.3 is 13.6 Å². The van der Waals surface area contributed by atoms with Crippen LogP contribution in [0.25, 0.3) is 0 Å². The number of hydrogen-bond acceptors (Lipinski definition) is 10. The number of hydrogen-bond donors (Lipinski definition) is 0. The van der Waals surface area contributed by atoms with Gasteiger partial charge in [-0.3, -0.25) is 0 Å². The topological polar surface area (TPSA) is 157 Å². The Morgan fingerprint density at radius 3 is 1.07 bits per heavy atom. The summed E-state index contributed by atoms with van der Waals surface area (Å²) in [6.45, 7) is 125. The number of aromatic nitrogens is 6. The first-order valence-corrected chi connectivity index (χ1v) is 57.7. The van der Waals surface area contributed by atoms with E-state index in [1.165, 1.54) is 153 Å². The van der Waals surface area contributed by atoms with E-state index in [-0.39, 0.29) is 27.1 Å². The summed E-state index contributed by atoms with van der Waals surface area (Å²) in [5.41, 5.74) is 9.30. The van der Waals surface area contributed by atoms with Crippen LogP contribution < -0.4 is 0 Å². The zero-order valence-corrected chi connectivity index (χ0v) is 103. The Kier molecular flexibility index (Phi) is 47.9. The molecule has 0 spiro atoms. The number of rotatable bonds is 11. The number of unbranched alkanes of at least 4 members (excludes halogenated alkanes) is 1. The summed E-state index contributed by atoms with van der Waals surface area (Å²) in [6.07, 6.45) is 40.9. The van der Waals surface area contributed by atoms with Crippen LogP contribution in [0.15, 0.2) is 26.9 Å². The largest absolute Gasteiger partial charge is 0.339 e. The summed E-state index contributed by atoms with van der Waals surface area (Å²) >= 11 is 0. The van der Waals surface area contributed by atoms with E-state index in [2.05, 4.69) is 401 Å². The molecule has 4 saturated carbocycles. The van der Waals surface area contributed by atoms with E-state index in [0.29, 0.717) is 89.4 Å². The first-order valence-electron chi connectivity index (χ1n) is 56.2. The summed E-state index contributed by atoms with van der Waals surface area (Å²) in [5, 5.41) is 17.6. The van der Waals surface area contributed by atoms with Crippen molar-refractivity contribution in [1.82, 2.24) is 34.1 Å². The van der Waals surface area contributed by atoms with Gasteiger partial charge in [-0.25, -0.2) is 17.7 Å².